The molecule has 1 unspecified atom stereocenters. The molecule has 1 atom stereocenters. The van der Waals surface area contributed by atoms with E-state index >= 15 is 0 Å². The van der Waals surface area contributed by atoms with E-state index in [0.717, 1.165) is 18.4 Å². The van der Waals surface area contributed by atoms with E-state index in [9.17, 15) is 9.18 Å². The average Bonchev–Trinajstić information content (AvgIpc) is 3.30. The zero-order chi connectivity index (χ0) is 17.7. The van der Waals surface area contributed by atoms with Crippen LogP contribution in [-0.4, -0.2) is 29.8 Å². The molecule has 0 heterocycles. The first-order chi connectivity index (χ1) is 11.4. The lowest BCUT2D eigenvalue weighted by molar-refractivity contribution is -0.133. The number of nitrogens with zero attached hydrogens (tertiary/aromatic N) is 1. The van der Waals surface area contributed by atoms with Crippen molar-refractivity contribution in [2.75, 3.05) is 6.61 Å². The second-order valence-corrected chi connectivity index (χ2v) is 6.73. The van der Waals surface area contributed by atoms with Crippen molar-refractivity contribution >= 4 is 5.91 Å². The molecule has 1 amide bonds. The number of carbonyl (C=O) groups is 1. The molecule has 1 saturated carbocycles. The smallest absolute Gasteiger partial charge is 0.236 e. The van der Waals surface area contributed by atoms with Gasteiger partial charge in [-0.15, -0.1) is 0 Å². The number of benzene rings is 1. The maximum absolute atomic E-state index is 13.1. The van der Waals surface area contributed by atoms with Gasteiger partial charge in [-0.1, -0.05) is 19.9 Å². The third-order valence-electron chi connectivity index (χ3n) is 3.84. The minimum Gasteiger partial charge on any atom is -0.490 e. The van der Waals surface area contributed by atoms with Crippen LogP contribution >= 0.6 is 0 Å². The van der Waals surface area contributed by atoms with Crippen LogP contribution in [0.5, 0.6) is 11.5 Å². The topological polar surface area (TPSA) is 38.8 Å². The molecule has 0 aromatic heterocycles. The Balaban J connectivity index is 2.14. The summed E-state index contributed by atoms with van der Waals surface area (Å²) in [5.41, 5.74) is 0.973. The second kappa shape index (κ2) is 8.36. The SMILES string of the molecule is CCOc1cc(CN(C(=O)CC(C)C)C2CC2)ccc1OC(C)F. The molecule has 24 heavy (non-hydrogen) atoms. The number of amides is 1. The summed E-state index contributed by atoms with van der Waals surface area (Å²) in [7, 11) is 0. The van der Waals surface area contributed by atoms with Crippen LogP contribution in [0.15, 0.2) is 18.2 Å². The van der Waals surface area contributed by atoms with Crippen LogP contribution in [0, 0.1) is 5.92 Å². The van der Waals surface area contributed by atoms with Crippen molar-refractivity contribution in [3.8, 4) is 11.5 Å². The highest BCUT2D eigenvalue weighted by Gasteiger charge is 2.32. The van der Waals surface area contributed by atoms with Crippen molar-refractivity contribution in [3.05, 3.63) is 23.8 Å². The highest BCUT2D eigenvalue weighted by Crippen LogP contribution is 2.33. The lowest BCUT2D eigenvalue weighted by Crippen LogP contribution is -2.33. The van der Waals surface area contributed by atoms with Crippen molar-refractivity contribution in [3.63, 3.8) is 0 Å². The van der Waals surface area contributed by atoms with Crippen molar-refractivity contribution in [2.45, 2.75) is 65.9 Å². The fourth-order valence-electron chi connectivity index (χ4n) is 2.66. The van der Waals surface area contributed by atoms with Gasteiger partial charge in [-0.25, -0.2) is 4.39 Å². The van der Waals surface area contributed by atoms with Crippen LogP contribution in [0.4, 0.5) is 4.39 Å². The third kappa shape index (κ3) is 5.39. The number of hydrogen-bond acceptors (Lipinski definition) is 3. The Hall–Kier alpha value is -1.78. The van der Waals surface area contributed by atoms with Gasteiger partial charge < -0.3 is 14.4 Å². The predicted octanol–water partition coefficient (Wildman–Crippen LogP) is 4.32. The second-order valence-electron chi connectivity index (χ2n) is 6.73. The normalized spacial score (nSPS) is 15.2. The summed E-state index contributed by atoms with van der Waals surface area (Å²) >= 11 is 0. The highest BCUT2D eigenvalue weighted by atomic mass is 19.1. The summed E-state index contributed by atoms with van der Waals surface area (Å²) < 4.78 is 23.8. The number of hydrogen-bond donors (Lipinski definition) is 0. The molecule has 0 radical (unpaired) electrons. The van der Waals surface area contributed by atoms with Crippen LogP contribution < -0.4 is 9.47 Å². The van der Waals surface area contributed by atoms with Crippen LogP contribution in [0.25, 0.3) is 0 Å². The van der Waals surface area contributed by atoms with Gasteiger partial charge in [0.15, 0.2) is 11.5 Å². The van der Waals surface area contributed by atoms with Crippen molar-refractivity contribution in [2.24, 2.45) is 5.92 Å². The van der Waals surface area contributed by atoms with Gasteiger partial charge in [-0.2, -0.15) is 0 Å². The minimum atomic E-state index is -1.40. The molecule has 1 aliphatic rings. The summed E-state index contributed by atoms with van der Waals surface area (Å²) in [4.78, 5) is 14.4. The number of rotatable bonds is 9. The van der Waals surface area contributed by atoms with Crippen LogP contribution in [0.1, 0.15) is 52.5 Å². The molecule has 0 spiro atoms. The van der Waals surface area contributed by atoms with Crippen LogP contribution in [0.2, 0.25) is 0 Å². The summed E-state index contributed by atoms with van der Waals surface area (Å²) in [6.07, 6.45) is 1.31. The molecule has 134 valence electrons. The van der Waals surface area contributed by atoms with E-state index in [2.05, 4.69) is 13.8 Å². The lowest BCUT2D eigenvalue weighted by Gasteiger charge is -2.24. The van der Waals surface area contributed by atoms with Gasteiger partial charge in [0.1, 0.15) is 0 Å². The van der Waals surface area contributed by atoms with E-state index in [1.165, 1.54) is 6.92 Å². The Morgan fingerprint density at radius 3 is 2.54 bits per heavy atom. The Morgan fingerprint density at radius 1 is 1.29 bits per heavy atom. The van der Waals surface area contributed by atoms with Crippen LogP contribution in [0.3, 0.4) is 0 Å². The molecule has 5 heteroatoms. The average molecular weight is 337 g/mol. The first kappa shape index (κ1) is 18.6. The van der Waals surface area contributed by atoms with Gasteiger partial charge in [-0.05, 0) is 43.4 Å². The fraction of sp³-hybridized carbons (Fsp3) is 0.632. The highest BCUT2D eigenvalue weighted by molar-refractivity contribution is 5.77. The monoisotopic (exact) mass is 337 g/mol. The van der Waals surface area contributed by atoms with E-state index < -0.39 is 6.36 Å². The maximum atomic E-state index is 13.1. The fourth-order valence-corrected chi connectivity index (χ4v) is 2.66. The molecule has 0 bridgehead atoms. The number of ether oxygens (including phenoxy) is 2. The molecule has 2 rings (SSSR count). The van der Waals surface area contributed by atoms with E-state index in [0.29, 0.717) is 43.0 Å². The molecule has 0 N–H and O–H groups in total. The molecular weight excluding hydrogens is 309 g/mol. The van der Waals surface area contributed by atoms with Gasteiger partial charge in [0.25, 0.3) is 0 Å². The molecule has 0 aliphatic heterocycles. The quantitative estimate of drug-likeness (QED) is 0.674. The van der Waals surface area contributed by atoms with Gasteiger partial charge >= 0.3 is 0 Å². The first-order valence-electron chi connectivity index (χ1n) is 8.76. The third-order valence-corrected chi connectivity index (χ3v) is 3.84. The molecule has 1 fully saturated rings. The van der Waals surface area contributed by atoms with Gasteiger partial charge in [0, 0.05) is 25.9 Å². The van der Waals surface area contributed by atoms with Crippen LogP contribution in [-0.2, 0) is 11.3 Å². The van der Waals surface area contributed by atoms with Crippen molar-refractivity contribution < 1.29 is 18.7 Å². The van der Waals surface area contributed by atoms with E-state index in [1.807, 2.05) is 24.0 Å². The Kier molecular flexibility index (Phi) is 6.46. The maximum Gasteiger partial charge on any atom is 0.236 e. The van der Waals surface area contributed by atoms with Gasteiger partial charge in [-0.3, -0.25) is 4.79 Å². The summed E-state index contributed by atoms with van der Waals surface area (Å²) in [5, 5.41) is 0. The van der Waals surface area contributed by atoms with Crippen molar-refractivity contribution in [1.82, 2.24) is 4.90 Å². The summed E-state index contributed by atoms with van der Waals surface area (Å²) in [6.45, 7) is 8.35. The van der Waals surface area contributed by atoms with E-state index in [1.54, 1.807) is 6.07 Å². The lowest BCUT2D eigenvalue weighted by atomic mass is 10.1. The van der Waals surface area contributed by atoms with Crippen molar-refractivity contribution in [1.29, 1.82) is 0 Å². The standard InChI is InChI=1S/C19H28FNO3/c1-5-23-18-11-15(6-9-17(18)24-14(4)20)12-21(16-7-8-16)19(22)10-13(2)3/h6,9,11,13-14,16H,5,7-8,10,12H2,1-4H3. The molecule has 1 aromatic carbocycles. The molecular formula is C19H28FNO3. The summed E-state index contributed by atoms with van der Waals surface area (Å²) in [6, 6.07) is 5.79. The first-order valence-corrected chi connectivity index (χ1v) is 8.76. The number of halogens is 1. The van der Waals surface area contributed by atoms with Gasteiger partial charge in [0.05, 0.1) is 6.61 Å². The van der Waals surface area contributed by atoms with E-state index in [-0.39, 0.29) is 5.91 Å². The zero-order valence-electron chi connectivity index (χ0n) is 15.0. The minimum absolute atomic E-state index is 0.197. The zero-order valence-corrected chi connectivity index (χ0v) is 15.0. The molecule has 4 nitrogen and oxygen atoms in total. The summed E-state index contributed by atoms with van der Waals surface area (Å²) in [5.74, 6) is 1.45. The van der Waals surface area contributed by atoms with E-state index in [4.69, 9.17) is 9.47 Å². The number of alkyl halides is 1. The largest absolute Gasteiger partial charge is 0.490 e. The number of carbonyl (C=O) groups excluding carboxylic acids is 1. The molecule has 0 saturated heterocycles. The Bertz CT molecular complexity index is 556. The Labute approximate surface area is 143 Å². The van der Waals surface area contributed by atoms with Gasteiger partial charge in [0.2, 0.25) is 12.3 Å². The molecule has 1 aromatic rings. The predicted molar refractivity (Wildman–Crippen MR) is 91.8 cm³/mol. The Morgan fingerprint density at radius 2 is 2.00 bits per heavy atom. The molecule has 1 aliphatic carbocycles.